The number of aromatic nitrogens is 1. The van der Waals surface area contributed by atoms with Crippen LogP contribution in [0.5, 0.6) is 5.75 Å². The first-order chi connectivity index (χ1) is 14.6. The van der Waals surface area contributed by atoms with Crippen LogP contribution in [0.1, 0.15) is 32.8 Å². The lowest BCUT2D eigenvalue weighted by Crippen LogP contribution is -2.39. The van der Waals surface area contributed by atoms with E-state index in [1.54, 1.807) is 11.3 Å². The Balaban J connectivity index is 1.74. The van der Waals surface area contributed by atoms with Crippen LogP contribution in [0.2, 0.25) is 0 Å². The fraction of sp³-hybridized carbons (Fsp3) is 0.417. The monoisotopic (exact) mass is 425 g/mol. The van der Waals surface area contributed by atoms with Gasteiger partial charge >= 0.3 is 0 Å². The van der Waals surface area contributed by atoms with Gasteiger partial charge in [-0.2, -0.15) is 0 Å². The van der Waals surface area contributed by atoms with Gasteiger partial charge in [-0.1, -0.05) is 56.4 Å². The molecule has 0 bridgehead atoms. The van der Waals surface area contributed by atoms with Crippen LogP contribution in [-0.2, 0) is 11.2 Å². The molecule has 5 nitrogen and oxygen atoms in total. The molecule has 6 heteroatoms. The molecule has 0 aliphatic heterocycles. The smallest absolute Gasteiger partial charge is 0.232 e. The van der Waals surface area contributed by atoms with Gasteiger partial charge in [0.2, 0.25) is 5.91 Å². The van der Waals surface area contributed by atoms with Crippen LogP contribution in [-0.4, -0.2) is 48.6 Å². The number of anilines is 1. The Hall–Kier alpha value is -2.44. The summed E-state index contributed by atoms with van der Waals surface area (Å²) in [7, 11) is 0. The van der Waals surface area contributed by atoms with Gasteiger partial charge in [-0.15, -0.1) is 0 Å². The third-order valence-electron chi connectivity index (χ3n) is 5.24. The Labute approximate surface area is 183 Å². The number of likely N-dealkylation sites (N-methyl/N-ethyl adjacent to an activating group) is 1. The molecule has 3 rings (SSSR count). The first kappa shape index (κ1) is 22.2. The Morgan fingerprint density at radius 3 is 2.50 bits per heavy atom. The van der Waals surface area contributed by atoms with Gasteiger partial charge in [-0.3, -0.25) is 9.69 Å². The number of carbonyl (C=O) groups is 1. The van der Waals surface area contributed by atoms with E-state index in [1.165, 1.54) is 5.56 Å². The number of amides is 1. The van der Waals surface area contributed by atoms with Crippen LogP contribution in [0.3, 0.4) is 0 Å². The van der Waals surface area contributed by atoms with E-state index in [-0.39, 0.29) is 5.91 Å². The zero-order valence-electron chi connectivity index (χ0n) is 18.1. The number of nitrogens with zero attached hydrogens (tertiary/aromatic N) is 3. The number of carbonyl (C=O) groups excluding carboxylic acids is 1. The van der Waals surface area contributed by atoms with Gasteiger partial charge in [-0.25, -0.2) is 4.98 Å². The summed E-state index contributed by atoms with van der Waals surface area (Å²) in [6, 6.07) is 16.0. The summed E-state index contributed by atoms with van der Waals surface area (Å²) < 4.78 is 6.88. The van der Waals surface area contributed by atoms with E-state index in [0.717, 1.165) is 47.2 Å². The minimum atomic E-state index is 0.0489. The fourth-order valence-corrected chi connectivity index (χ4v) is 4.38. The zero-order valence-corrected chi connectivity index (χ0v) is 19.0. The van der Waals surface area contributed by atoms with Crippen LogP contribution in [0.15, 0.2) is 48.5 Å². The van der Waals surface area contributed by atoms with Crippen LogP contribution in [0, 0.1) is 0 Å². The van der Waals surface area contributed by atoms with Gasteiger partial charge in [0, 0.05) is 13.1 Å². The van der Waals surface area contributed by atoms with Gasteiger partial charge in [0.15, 0.2) is 5.13 Å². The molecule has 0 saturated heterocycles. The number of thiazole rings is 1. The van der Waals surface area contributed by atoms with Crippen molar-refractivity contribution in [3.63, 3.8) is 0 Å². The lowest BCUT2D eigenvalue weighted by molar-refractivity contribution is -0.119. The van der Waals surface area contributed by atoms with E-state index in [1.807, 2.05) is 35.2 Å². The summed E-state index contributed by atoms with van der Waals surface area (Å²) in [5.74, 6) is 0.833. The van der Waals surface area contributed by atoms with Gasteiger partial charge in [0.25, 0.3) is 0 Å². The van der Waals surface area contributed by atoms with Crippen molar-refractivity contribution in [3.8, 4) is 5.75 Å². The zero-order chi connectivity index (χ0) is 21.3. The van der Waals surface area contributed by atoms with E-state index in [9.17, 15) is 4.79 Å². The standard InChI is InChI=1S/C24H31N3O2S/c1-4-19-12-13-21-22(18-19)30-24(25-21)27(16-15-26(5-2)6-3)23(28)14-17-29-20-10-8-7-9-11-20/h7-13,18H,4-6,14-17H2,1-3H3. The predicted molar refractivity (Wildman–Crippen MR) is 126 cm³/mol. The summed E-state index contributed by atoms with van der Waals surface area (Å²) in [5, 5.41) is 0.773. The molecule has 0 aliphatic rings. The summed E-state index contributed by atoms with van der Waals surface area (Å²) in [4.78, 5) is 22.0. The van der Waals surface area contributed by atoms with E-state index in [4.69, 9.17) is 9.72 Å². The molecule has 0 N–H and O–H groups in total. The highest BCUT2D eigenvalue weighted by atomic mass is 32.1. The van der Waals surface area contributed by atoms with Crippen molar-refractivity contribution in [3.05, 3.63) is 54.1 Å². The third-order valence-corrected chi connectivity index (χ3v) is 6.29. The Morgan fingerprint density at radius 2 is 1.80 bits per heavy atom. The molecule has 0 atom stereocenters. The number of hydrogen-bond donors (Lipinski definition) is 0. The second-order valence-electron chi connectivity index (χ2n) is 7.14. The van der Waals surface area contributed by atoms with Gasteiger partial charge in [-0.05, 0) is 49.3 Å². The summed E-state index contributed by atoms with van der Waals surface area (Å²) in [6.45, 7) is 10.2. The molecule has 0 saturated carbocycles. The number of hydrogen-bond acceptors (Lipinski definition) is 5. The highest BCUT2D eigenvalue weighted by Crippen LogP contribution is 2.30. The van der Waals surface area contributed by atoms with E-state index < -0.39 is 0 Å². The van der Waals surface area contributed by atoms with Gasteiger partial charge in [0.05, 0.1) is 23.2 Å². The molecule has 160 valence electrons. The number of benzene rings is 2. The fourth-order valence-electron chi connectivity index (χ4n) is 3.31. The predicted octanol–water partition coefficient (Wildman–Crippen LogP) is 5.00. The maximum atomic E-state index is 13.1. The maximum absolute atomic E-state index is 13.1. The summed E-state index contributed by atoms with van der Waals surface area (Å²) in [5.41, 5.74) is 2.24. The number of fused-ring (bicyclic) bond motifs is 1. The molecule has 1 heterocycles. The first-order valence-electron chi connectivity index (χ1n) is 10.7. The van der Waals surface area contributed by atoms with E-state index in [2.05, 4.69) is 43.9 Å². The van der Waals surface area contributed by atoms with Crippen LogP contribution in [0.4, 0.5) is 5.13 Å². The average Bonchev–Trinajstić information content (AvgIpc) is 3.20. The van der Waals surface area contributed by atoms with Crippen molar-refractivity contribution in [2.24, 2.45) is 0 Å². The highest BCUT2D eigenvalue weighted by Gasteiger charge is 2.20. The summed E-state index contributed by atoms with van der Waals surface area (Å²) in [6.07, 6.45) is 1.31. The molecule has 0 radical (unpaired) electrons. The molecule has 0 spiro atoms. The lowest BCUT2D eigenvalue weighted by atomic mass is 10.2. The number of para-hydroxylation sites is 1. The largest absolute Gasteiger partial charge is 0.493 e. The molecule has 2 aromatic carbocycles. The van der Waals surface area contributed by atoms with E-state index >= 15 is 0 Å². The number of rotatable bonds is 11. The topological polar surface area (TPSA) is 45.7 Å². The van der Waals surface area contributed by atoms with Crippen molar-refractivity contribution in [1.29, 1.82) is 0 Å². The molecular formula is C24H31N3O2S. The van der Waals surface area contributed by atoms with Gasteiger partial charge < -0.3 is 9.64 Å². The normalized spacial score (nSPS) is 11.2. The Morgan fingerprint density at radius 1 is 1.03 bits per heavy atom. The second kappa shape index (κ2) is 11.1. The molecule has 1 amide bonds. The van der Waals surface area contributed by atoms with Gasteiger partial charge in [0.1, 0.15) is 5.75 Å². The summed E-state index contributed by atoms with van der Waals surface area (Å²) >= 11 is 1.59. The van der Waals surface area contributed by atoms with Crippen molar-refractivity contribution >= 4 is 32.6 Å². The van der Waals surface area contributed by atoms with Crippen LogP contribution >= 0.6 is 11.3 Å². The Bertz CT molecular complexity index is 938. The minimum Gasteiger partial charge on any atom is -0.493 e. The van der Waals surface area contributed by atoms with Crippen molar-refractivity contribution in [2.75, 3.05) is 37.7 Å². The van der Waals surface area contributed by atoms with Crippen LogP contribution < -0.4 is 9.64 Å². The highest BCUT2D eigenvalue weighted by molar-refractivity contribution is 7.22. The minimum absolute atomic E-state index is 0.0489. The van der Waals surface area contributed by atoms with Crippen LogP contribution in [0.25, 0.3) is 10.2 Å². The second-order valence-corrected chi connectivity index (χ2v) is 8.14. The quantitative estimate of drug-likeness (QED) is 0.434. The third kappa shape index (κ3) is 5.80. The molecule has 0 aliphatic carbocycles. The molecular weight excluding hydrogens is 394 g/mol. The maximum Gasteiger partial charge on any atom is 0.232 e. The molecule has 30 heavy (non-hydrogen) atoms. The molecule has 1 aromatic heterocycles. The van der Waals surface area contributed by atoms with E-state index in [0.29, 0.717) is 19.6 Å². The lowest BCUT2D eigenvalue weighted by Gasteiger charge is -2.24. The van der Waals surface area contributed by atoms with Crippen molar-refractivity contribution < 1.29 is 9.53 Å². The Kier molecular flexibility index (Phi) is 8.22. The molecule has 0 unspecified atom stereocenters. The molecule has 3 aromatic rings. The molecule has 0 fully saturated rings. The number of aryl methyl sites for hydroxylation is 1. The van der Waals surface area contributed by atoms with Crippen molar-refractivity contribution in [2.45, 2.75) is 33.6 Å². The van der Waals surface area contributed by atoms with Crippen molar-refractivity contribution in [1.82, 2.24) is 9.88 Å². The average molecular weight is 426 g/mol. The SMILES string of the molecule is CCc1ccc2nc(N(CCN(CC)CC)C(=O)CCOc3ccccc3)sc2c1. The first-order valence-corrected chi connectivity index (χ1v) is 11.6. The number of ether oxygens (including phenoxy) is 1.